The lowest BCUT2D eigenvalue weighted by Crippen LogP contribution is -2.62. The Morgan fingerprint density at radius 3 is 2.22 bits per heavy atom. The molecule has 2 aliphatic rings. The largest absolute Gasteiger partial charge is 0.497 e. The highest BCUT2D eigenvalue weighted by Gasteiger charge is 2.50. The van der Waals surface area contributed by atoms with Gasteiger partial charge < -0.3 is 38.3 Å². The van der Waals surface area contributed by atoms with Crippen molar-refractivity contribution in [3.05, 3.63) is 137 Å². The van der Waals surface area contributed by atoms with Crippen LogP contribution in [0.15, 0.2) is 109 Å². The molecule has 9 nitrogen and oxygen atoms in total. The van der Waals surface area contributed by atoms with Crippen molar-refractivity contribution in [2.24, 2.45) is 0 Å². The van der Waals surface area contributed by atoms with E-state index in [2.05, 4.69) is 0 Å². The van der Waals surface area contributed by atoms with E-state index in [-0.39, 0.29) is 26.4 Å². The number of hydrogen-bond donors (Lipinski definition) is 1. The van der Waals surface area contributed by atoms with Crippen molar-refractivity contribution >= 4 is 5.97 Å². The third-order valence-electron chi connectivity index (χ3n) is 7.83. The Bertz CT molecular complexity index is 1510. The number of aliphatic hydroxyl groups excluding tert-OH is 1. The van der Waals surface area contributed by atoms with Gasteiger partial charge in [-0.2, -0.15) is 0 Å². The van der Waals surface area contributed by atoms with Gasteiger partial charge in [-0.1, -0.05) is 91.0 Å². The molecule has 0 aliphatic carbocycles. The van der Waals surface area contributed by atoms with Crippen molar-refractivity contribution in [1.82, 2.24) is 0 Å². The zero-order valence-electron chi connectivity index (χ0n) is 24.9. The van der Waals surface area contributed by atoms with Crippen molar-refractivity contribution in [2.45, 2.75) is 56.8 Å². The van der Waals surface area contributed by atoms with Crippen molar-refractivity contribution in [3.63, 3.8) is 0 Å². The molecule has 0 bridgehead atoms. The van der Waals surface area contributed by atoms with Crippen molar-refractivity contribution < 1.29 is 43.1 Å². The van der Waals surface area contributed by atoms with Crippen molar-refractivity contribution in [3.8, 4) is 5.75 Å². The molecule has 6 atom stereocenters. The van der Waals surface area contributed by atoms with Gasteiger partial charge in [0.15, 0.2) is 12.6 Å². The normalized spacial score (nSPS) is 24.4. The number of ether oxygens (including phenoxy) is 7. The number of carbonyl (C=O) groups is 1. The van der Waals surface area contributed by atoms with Gasteiger partial charge >= 0.3 is 5.97 Å². The molecule has 4 aromatic rings. The maximum atomic E-state index is 13.0. The summed E-state index contributed by atoms with van der Waals surface area (Å²) in [7, 11) is 1.61. The van der Waals surface area contributed by atoms with Crippen LogP contribution in [0.1, 0.15) is 38.9 Å². The van der Waals surface area contributed by atoms with E-state index in [1.54, 1.807) is 25.3 Å². The molecule has 1 N–H and O–H groups in total. The quantitative estimate of drug-likeness (QED) is 0.225. The fourth-order valence-corrected chi connectivity index (χ4v) is 5.40. The average molecular weight is 613 g/mol. The number of carbonyl (C=O) groups excluding carboxylic acids is 1. The first-order valence-electron chi connectivity index (χ1n) is 14.9. The first kappa shape index (κ1) is 30.9. The Morgan fingerprint density at radius 1 is 0.778 bits per heavy atom. The minimum absolute atomic E-state index is 0.00468. The molecule has 0 unspecified atom stereocenters. The molecule has 234 valence electrons. The molecule has 2 saturated heterocycles. The molecule has 4 aromatic carbocycles. The number of rotatable bonds is 11. The van der Waals surface area contributed by atoms with Crippen LogP contribution in [0.5, 0.6) is 5.75 Å². The monoisotopic (exact) mass is 612 g/mol. The van der Waals surface area contributed by atoms with Crippen LogP contribution in [0, 0.1) is 0 Å². The summed E-state index contributed by atoms with van der Waals surface area (Å²) in [5.74, 6) is 0.269. The van der Waals surface area contributed by atoms with Gasteiger partial charge in [0, 0.05) is 5.56 Å². The summed E-state index contributed by atoms with van der Waals surface area (Å²) in [6, 6.07) is 33.6. The molecule has 9 heteroatoms. The Kier molecular flexibility index (Phi) is 10.2. The summed E-state index contributed by atoms with van der Waals surface area (Å²) in [6.45, 7) is 0.578. The molecular weight excluding hydrogens is 576 g/mol. The van der Waals surface area contributed by atoms with E-state index in [1.165, 1.54) is 0 Å². The predicted molar refractivity (Wildman–Crippen MR) is 163 cm³/mol. The fraction of sp³-hybridized carbons (Fsp3) is 0.306. The van der Waals surface area contributed by atoms with Crippen LogP contribution in [-0.4, -0.2) is 55.5 Å². The zero-order valence-corrected chi connectivity index (χ0v) is 24.9. The van der Waals surface area contributed by atoms with E-state index in [9.17, 15) is 9.90 Å². The van der Waals surface area contributed by atoms with Crippen LogP contribution >= 0.6 is 0 Å². The van der Waals surface area contributed by atoms with Crippen LogP contribution < -0.4 is 4.74 Å². The summed E-state index contributed by atoms with van der Waals surface area (Å²) in [6.07, 6.45) is -4.89. The van der Waals surface area contributed by atoms with Crippen LogP contribution in [0.2, 0.25) is 0 Å². The topological polar surface area (TPSA) is 102 Å². The zero-order chi connectivity index (χ0) is 31.0. The van der Waals surface area contributed by atoms with Gasteiger partial charge in [0.1, 0.15) is 36.8 Å². The minimum atomic E-state index is -1.20. The van der Waals surface area contributed by atoms with Crippen LogP contribution in [0.25, 0.3) is 0 Å². The highest BCUT2D eigenvalue weighted by molar-refractivity contribution is 5.91. The van der Waals surface area contributed by atoms with Gasteiger partial charge in [-0.05, 0) is 34.9 Å². The minimum Gasteiger partial charge on any atom is -0.497 e. The van der Waals surface area contributed by atoms with E-state index in [0.29, 0.717) is 11.1 Å². The Hall–Kier alpha value is -4.09. The Labute approximate surface area is 262 Å². The van der Waals surface area contributed by atoms with Gasteiger partial charge in [-0.25, -0.2) is 4.79 Å². The first-order valence-corrected chi connectivity index (χ1v) is 14.9. The van der Waals surface area contributed by atoms with Gasteiger partial charge in [0.2, 0.25) is 0 Å². The van der Waals surface area contributed by atoms with E-state index in [0.717, 1.165) is 22.4 Å². The standard InChI is InChI=1S/C36H36O9/c1-39-28-18-16-25(17-19-28)20-40-33-31(37)36(44-30-23-43-35(45-32(30)33)26-12-6-3-7-13-26)42-22-27-14-8-9-15-29(27)34(38)41-21-24-10-4-2-5-11-24/h2-19,30-33,35-37H,20-23H2,1H3/t30-,31+,32-,33-,35-,36+/m1/s1. The smallest absolute Gasteiger partial charge is 0.338 e. The van der Waals surface area contributed by atoms with Crippen LogP contribution in [-0.2, 0) is 48.2 Å². The third-order valence-corrected chi connectivity index (χ3v) is 7.83. The summed E-state index contributed by atoms with van der Waals surface area (Å²) < 4.78 is 41.8. The second-order valence-electron chi connectivity index (χ2n) is 10.9. The van der Waals surface area contributed by atoms with E-state index in [1.807, 2.05) is 91.0 Å². The lowest BCUT2D eigenvalue weighted by molar-refractivity contribution is -0.368. The molecule has 0 aromatic heterocycles. The SMILES string of the molecule is COc1ccc(CO[C@@H]2[C@H](O)[C@@H](OCc3ccccc3C(=O)OCc3ccccc3)O[C@@H]3CO[C@@H](c4ccccc4)O[C@@H]23)cc1. The molecule has 2 aliphatic heterocycles. The lowest BCUT2D eigenvalue weighted by atomic mass is 9.97. The van der Waals surface area contributed by atoms with Gasteiger partial charge in [0.25, 0.3) is 0 Å². The third kappa shape index (κ3) is 7.59. The van der Waals surface area contributed by atoms with Crippen molar-refractivity contribution in [2.75, 3.05) is 13.7 Å². The highest BCUT2D eigenvalue weighted by Crippen LogP contribution is 2.36. The summed E-state index contributed by atoms with van der Waals surface area (Å²) in [5, 5.41) is 11.5. The number of hydrogen-bond acceptors (Lipinski definition) is 9. The van der Waals surface area contributed by atoms with Crippen molar-refractivity contribution in [1.29, 1.82) is 0 Å². The highest BCUT2D eigenvalue weighted by atomic mass is 16.8. The molecule has 45 heavy (non-hydrogen) atoms. The summed E-state index contributed by atoms with van der Waals surface area (Å²) in [5.41, 5.74) is 3.62. The van der Waals surface area contributed by atoms with Gasteiger partial charge in [-0.15, -0.1) is 0 Å². The van der Waals surface area contributed by atoms with E-state index < -0.39 is 43.0 Å². The van der Waals surface area contributed by atoms with Crippen LogP contribution in [0.4, 0.5) is 0 Å². The number of esters is 1. The number of aliphatic hydroxyl groups is 1. The molecular formula is C36H36O9. The fourth-order valence-electron chi connectivity index (χ4n) is 5.40. The molecule has 6 rings (SSSR count). The average Bonchev–Trinajstić information content (AvgIpc) is 3.10. The maximum absolute atomic E-state index is 13.0. The molecule has 0 spiro atoms. The molecule has 2 heterocycles. The molecule has 0 radical (unpaired) electrons. The Morgan fingerprint density at radius 2 is 1.47 bits per heavy atom. The second-order valence-corrected chi connectivity index (χ2v) is 10.9. The molecule has 2 fully saturated rings. The van der Waals surface area contributed by atoms with Crippen LogP contribution in [0.3, 0.4) is 0 Å². The van der Waals surface area contributed by atoms with E-state index >= 15 is 0 Å². The predicted octanol–water partition coefficient (Wildman–Crippen LogP) is 5.35. The molecule has 0 saturated carbocycles. The van der Waals surface area contributed by atoms with Gasteiger partial charge in [-0.3, -0.25) is 0 Å². The second kappa shape index (κ2) is 14.8. The summed E-state index contributed by atoms with van der Waals surface area (Å²) >= 11 is 0. The lowest BCUT2D eigenvalue weighted by Gasteiger charge is -2.47. The number of benzene rings is 4. The van der Waals surface area contributed by atoms with E-state index in [4.69, 9.17) is 33.2 Å². The first-order chi connectivity index (χ1) is 22.1. The number of methoxy groups -OCH3 is 1. The number of fused-ring (bicyclic) bond motifs is 1. The maximum Gasteiger partial charge on any atom is 0.338 e. The van der Waals surface area contributed by atoms with Gasteiger partial charge in [0.05, 0.1) is 32.5 Å². The Balaban J connectivity index is 1.15. The molecule has 0 amide bonds. The summed E-state index contributed by atoms with van der Waals surface area (Å²) in [4.78, 5) is 13.0.